The number of rotatable bonds is 15. The van der Waals surface area contributed by atoms with Crippen molar-refractivity contribution in [2.75, 3.05) is 19.6 Å². The molecule has 7 nitrogen and oxygen atoms in total. The van der Waals surface area contributed by atoms with Crippen molar-refractivity contribution in [3.05, 3.63) is 59.2 Å². The van der Waals surface area contributed by atoms with E-state index in [4.69, 9.17) is 9.47 Å². The molecule has 2 aliphatic heterocycles. The van der Waals surface area contributed by atoms with Gasteiger partial charge in [-0.15, -0.1) is 0 Å². The Kier molecular flexibility index (Phi) is 10.2. The Bertz CT molecular complexity index is 1410. The SMILES string of the molecule is CCCCN(C(=O)CCCCCCCc1ccccc1)[C@H]1CC[C@H]2[C@H]3Cc4ccc(OC(C)=O)c5c4[C@@]2(CCN3CC(C)=O)[C@H]1O5. The van der Waals surface area contributed by atoms with E-state index in [0.717, 1.165) is 77.3 Å². The average Bonchev–Trinajstić information content (AvgIpc) is 3.39. The molecule has 2 aliphatic carbocycles. The van der Waals surface area contributed by atoms with Gasteiger partial charge in [-0.05, 0) is 87.9 Å². The van der Waals surface area contributed by atoms with E-state index in [2.05, 4.69) is 53.1 Å². The van der Waals surface area contributed by atoms with Crippen LogP contribution in [0.15, 0.2) is 42.5 Å². The van der Waals surface area contributed by atoms with Crippen LogP contribution < -0.4 is 9.47 Å². The lowest BCUT2D eigenvalue weighted by Gasteiger charge is -2.60. The summed E-state index contributed by atoms with van der Waals surface area (Å²) in [5.41, 5.74) is 3.60. The van der Waals surface area contributed by atoms with Crippen molar-refractivity contribution >= 4 is 17.7 Å². The van der Waals surface area contributed by atoms with Crippen LogP contribution in [0.5, 0.6) is 11.5 Å². The molecule has 46 heavy (non-hydrogen) atoms. The zero-order valence-corrected chi connectivity index (χ0v) is 28.1. The van der Waals surface area contributed by atoms with Crippen molar-refractivity contribution in [2.24, 2.45) is 5.92 Å². The number of carbonyl (C=O) groups is 3. The molecule has 2 fully saturated rings. The van der Waals surface area contributed by atoms with Crippen LogP contribution >= 0.6 is 0 Å². The number of benzene rings is 2. The normalized spacial score (nSPS) is 25.8. The molecule has 2 heterocycles. The van der Waals surface area contributed by atoms with E-state index in [9.17, 15) is 14.4 Å². The summed E-state index contributed by atoms with van der Waals surface area (Å²) in [5, 5.41) is 0. The minimum atomic E-state index is -0.356. The van der Waals surface area contributed by atoms with Crippen molar-refractivity contribution in [3.63, 3.8) is 0 Å². The van der Waals surface area contributed by atoms with Crippen molar-refractivity contribution < 1.29 is 23.9 Å². The van der Waals surface area contributed by atoms with Gasteiger partial charge in [0.25, 0.3) is 0 Å². The van der Waals surface area contributed by atoms with Gasteiger partial charge in [0.15, 0.2) is 11.5 Å². The summed E-state index contributed by atoms with van der Waals surface area (Å²) < 4.78 is 12.7. The van der Waals surface area contributed by atoms with Crippen LogP contribution in [0.2, 0.25) is 0 Å². The Hall–Kier alpha value is -3.19. The monoisotopic (exact) mass is 628 g/mol. The molecule has 1 amide bonds. The van der Waals surface area contributed by atoms with E-state index in [0.29, 0.717) is 30.4 Å². The first kappa shape index (κ1) is 32.7. The zero-order chi connectivity index (χ0) is 32.3. The van der Waals surface area contributed by atoms with Crippen molar-refractivity contribution in [3.8, 4) is 11.5 Å². The van der Waals surface area contributed by atoms with Crippen LogP contribution in [-0.2, 0) is 32.6 Å². The van der Waals surface area contributed by atoms with Gasteiger partial charge in [-0.3, -0.25) is 19.3 Å². The summed E-state index contributed by atoms with van der Waals surface area (Å²) in [4.78, 5) is 43.0. The number of Topliss-reactive ketones (excluding diaryl/α,β-unsaturated/α-hetero) is 1. The number of ether oxygens (including phenoxy) is 2. The molecule has 1 saturated heterocycles. The molecule has 2 aromatic rings. The second kappa shape index (κ2) is 14.3. The largest absolute Gasteiger partial charge is 0.483 e. The van der Waals surface area contributed by atoms with E-state index in [1.165, 1.54) is 36.5 Å². The van der Waals surface area contributed by atoms with Crippen molar-refractivity contribution in [1.82, 2.24) is 9.80 Å². The Morgan fingerprint density at radius 1 is 0.978 bits per heavy atom. The predicted octanol–water partition coefficient (Wildman–Crippen LogP) is 6.82. The fraction of sp³-hybridized carbons (Fsp3) is 0.615. The number of hydrogen-bond acceptors (Lipinski definition) is 6. The summed E-state index contributed by atoms with van der Waals surface area (Å²) >= 11 is 0. The predicted molar refractivity (Wildman–Crippen MR) is 179 cm³/mol. The number of carbonyl (C=O) groups excluding carboxylic acids is 3. The summed E-state index contributed by atoms with van der Waals surface area (Å²) in [6.07, 6.45) is 12.7. The van der Waals surface area contributed by atoms with E-state index in [1.807, 2.05) is 6.07 Å². The highest BCUT2D eigenvalue weighted by Crippen LogP contribution is 2.64. The van der Waals surface area contributed by atoms with Gasteiger partial charge in [0.2, 0.25) is 5.91 Å². The standard InChI is InChI=1S/C39H52N2O5/c1-4-5-23-41(35(44)17-13-8-6-7-10-14-29-15-11-9-12-16-29)32-20-19-31-33-25-30-18-21-34(45-28(3)43)37-36(30)39(31,38(32)46-37)22-24-40(33)26-27(2)42/h9,11-12,15-16,18,21,31-33,38H,4-8,10,13-14,17,19-20,22-26H2,1-3H3/t31-,32-,33+,38-,39-/m0/s1. The number of esters is 1. The molecule has 4 aliphatic rings. The Morgan fingerprint density at radius 3 is 2.52 bits per heavy atom. The average molecular weight is 629 g/mol. The summed E-state index contributed by atoms with van der Waals surface area (Å²) in [6, 6.07) is 14.9. The van der Waals surface area contributed by atoms with Crippen molar-refractivity contribution in [1.29, 1.82) is 0 Å². The molecule has 1 saturated carbocycles. The highest BCUT2D eigenvalue weighted by atomic mass is 16.6. The fourth-order valence-corrected chi connectivity index (χ4v) is 9.35. The van der Waals surface area contributed by atoms with E-state index in [1.54, 1.807) is 6.92 Å². The Balaban J connectivity index is 1.19. The van der Waals surface area contributed by atoms with Crippen molar-refractivity contribution in [2.45, 2.75) is 128 Å². The van der Waals surface area contributed by atoms with Gasteiger partial charge in [-0.2, -0.15) is 0 Å². The second-order valence-electron chi connectivity index (χ2n) is 14.2. The fourth-order valence-electron chi connectivity index (χ4n) is 9.35. The van der Waals surface area contributed by atoms with Crippen LogP contribution in [0.25, 0.3) is 0 Å². The molecule has 2 bridgehead atoms. The van der Waals surface area contributed by atoms with Crippen LogP contribution in [0.3, 0.4) is 0 Å². The van der Waals surface area contributed by atoms with Gasteiger partial charge in [0.1, 0.15) is 11.9 Å². The summed E-state index contributed by atoms with van der Waals surface area (Å²) in [6.45, 7) is 7.36. The minimum Gasteiger partial charge on any atom is -0.483 e. The third-order valence-corrected chi connectivity index (χ3v) is 11.2. The molecule has 0 radical (unpaired) electrons. The topological polar surface area (TPSA) is 76.2 Å². The maximum absolute atomic E-state index is 14.1. The first-order chi connectivity index (χ1) is 22.3. The van der Waals surface area contributed by atoms with E-state index >= 15 is 0 Å². The first-order valence-corrected chi connectivity index (χ1v) is 17.9. The number of amides is 1. The Labute approximate surface area is 275 Å². The quantitative estimate of drug-likeness (QED) is 0.122. The second-order valence-corrected chi connectivity index (χ2v) is 14.2. The molecule has 248 valence electrons. The maximum Gasteiger partial charge on any atom is 0.308 e. The number of aryl methyl sites for hydroxylation is 1. The molecule has 7 heteroatoms. The maximum atomic E-state index is 14.1. The molecule has 0 unspecified atom stereocenters. The zero-order valence-electron chi connectivity index (χ0n) is 28.1. The lowest BCUT2D eigenvalue weighted by atomic mass is 9.51. The van der Waals surface area contributed by atoms with Crippen LogP contribution in [-0.4, -0.2) is 65.3 Å². The lowest BCUT2D eigenvalue weighted by molar-refractivity contribution is -0.143. The van der Waals surface area contributed by atoms with Crippen LogP contribution in [0, 0.1) is 5.92 Å². The van der Waals surface area contributed by atoms with E-state index in [-0.39, 0.29) is 41.3 Å². The third-order valence-electron chi connectivity index (χ3n) is 11.2. The van der Waals surface area contributed by atoms with Gasteiger partial charge in [0, 0.05) is 36.9 Å². The number of unbranched alkanes of at least 4 members (excludes halogenated alkanes) is 5. The van der Waals surface area contributed by atoms with Crippen LogP contribution in [0.4, 0.5) is 0 Å². The third kappa shape index (κ3) is 6.36. The Morgan fingerprint density at radius 2 is 1.76 bits per heavy atom. The number of likely N-dealkylation sites (tertiary alicyclic amines) is 1. The molecule has 5 atom stereocenters. The van der Waals surface area contributed by atoms with Gasteiger partial charge < -0.3 is 14.4 Å². The number of ketones is 1. The smallest absolute Gasteiger partial charge is 0.308 e. The molecule has 6 rings (SSSR count). The summed E-state index contributed by atoms with van der Waals surface area (Å²) in [5.74, 6) is 1.64. The van der Waals surface area contributed by atoms with Gasteiger partial charge in [-0.25, -0.2) is 0 Å². The van der Waals surface area contributed by atoms with Crippen LogP contribution in [0.1, 0.15) is 108 Å². The highest BCUT2D eigenvalue weighted by Gasteiger charge is 2.66. The first-order valence-electron chi connectivity index (χ1n) is 17.9. The number of hydrogen-bond donors (Lipinski definition) is 0. The van der Waals surface area contributed by atoms with Gasteiger partial charge >= 0.3 is 5.97 Å². The molecule has 1 spiro atoms. The highest BCUT2D eigenvalue weighted by molar-refractivity contribution is 5.78. The van der Waals surface area contributed by atoms with E-state index < -0.39 is 0 Å². The number of nitrogens with zero attached hydrogens (tertiary/aromatic N) is 2. The summed E-state index contributed by atoms with van der Waals surface area (Å²) in [7, 11) is 0. The minimum absolute atomic E-state index is 0.0234. The molecule has 0 N–H and O–H groups in total. The molecular weight excluding hydrogens is 576 g/mol. The molecular formula is C39H52N2O5. The molecule has 2 aromatic carbocycles. The van der Waals surface area contributed by atoms with Gasteiger partial charge in [0.05, 0.1) is 12.6 Å². The molecule has 0 aromatic heterocycles. The lowest BCUT2D eigenvalue weighted by Crippen LogP contribution is -2.69. The number of piperidine rings is 1. The van der Waals surface area contributed by atoms with Gasteiger partial charge in [-0.1, -0.05) is 69.0 Å².